The van der Waals surface area contributed by atoms with Crippen LogP contribution in [0.1, 0.15) is 39.4 Å². The van der Waals surface area contributed by atoms with Gasteiger partial charge in [0.2, 0.25) is 11.7 Å². The molecule has 0 saturated carbocycles. The van der Waals surface area contributed by atoms with Crippen molar-refractivity contribution in [2.24, 2.45) is 16.5 Å². The van der Waals surface area contributed by atoms with Crippen LogP contribution in [0.4, 0.5) is 0 Å². The average molecular weight is 400 g/mol. The first kappa shape index (κ1) is 19.6. The summed E-state index contributed by atoms with van der Waals surface area (Å²) in [6, 6.07) is 1.64. The van der Waals surface area contributed by atoms with E-state index in [1.807, 2.05) is 13.0 Å². The third kappa shape index (κ3) is 3.92. The van der Waals surface area contributed by atoms with E-state index in [1.165, 1.54) is 17.5 Å². The van der Waals surface area contributed by atoms with Gasteiger partial charge in [-0.1, -0.05) is 30.4 Å². The number of pyridine rings is 1. The van der Waals surface area contributed by atoms with E-state index in [-0.39, 0.29) is 11.3 Å². The molecule has 0 atom stereocenters. The smallest absolute Gasteiger partial charge is 0.317 e. The normalized spacial score (nSPS) is 12.3. The van der Waals surface area contributed by atoms with Crippen LogP contribution in [0.3, 0.4) is 0 Å². The number of primary amides is 1. The standard InChI is InChI=1S/C18H20N6O3S/c1-3-12-14(27-10(2)22-12)17(26)23-18-24(7-5-4-6-19)16-13(28-18)8-11(9-21-16)15(20)25/h4-5,8-9H,3,6-7,19H2,1-2H3,(H2,20,25)/b5-4+,23-18-. The van der Waals surface area contributed by atoms with Crippen LogP contribution in [0.5, 0.6) is 0 Å². The van der Waals surface area contributed by atoms with Gasteiger partial charge in [-0.2, -0.15) is 4.99 Å². The second-order valence-corrected chi connectivity index (χ2v) is 6.90. The molecule has 3 rings (SSSR count). The summed E-state index contributed by atoms with van der Waals surface area (Å²) in [5.74, 6) is -0.544. The molecule has 0 spiro atoms. The fourth-order valence-electron chi connectivity index (χ4n) is 2.63. The number of aryl methyl sites for hydroxylation is 2. The van der Waals surface area contributed by atoms with Gasteiger partial charge in [0, 0.05) is 26.2 Å². The van der Waals surface area contributed by atoms with Crippen LogP contribution in [-0.2, 0) is 13.0 Å². The van der Waals surface area contributed by atoms with Crippen molar-refractivity contribution in [3.05, 3.63) is 52.1 Å². The zero-order chi connectivity index (χ0) is 20.3. The maximum atomic E-state index is 12.7. The number of nitrogens with two attached hydrogens (primary N) is 2. The molecule has 0 bridgehead atoms. The van der Waals surface area contributed by atoms with Crippen molar-refractivity contribution in [1.82, 2.24) is 14.5 Å². The van der Waals surface area contributed by atoms with Crippen LogP contribution in [0.25, 0.3) is 10.3 Å². The largest absolute Gasteiger partial charge is 0.435 e. The summed E-state index contributed by atoms with van der Waals surface area (Å²) >= 11 is 1.23. The van der Waals surface area contributed by atoms with Crippen molar-refractivity contribution < 1.29 is 14.0 Å². The summed E-state index contributed by atoms with van der Waals surface area (Å²) < 4.78 is 7.89. The number of oxazole rings is 1. The van der Waals surface area contributed by atoms with Crippen LogP contribution in [0.2, 0.25) is 0 Å². The Balaban J connectivity index is 2.15. The molecule has 28 heavy (non-hydrogen) atoms. The number of thiazole rings is 1. The SMILES string of the molecule is CCc1nc(C)oc1C(=O)/N=c1\sc2cc(C(N)=O)cnc2n1C/C=C/CN. The molecule has 0 aromatic carbocycles. The van der Waals surface area contributed by atoms with Crippen LogP contribution in [-0.4, -0.2) is 32.9 Å². The summed E-state index contributed by atoms with van der Waals surface area (Å²) in [4.78, 5) is 37.3. The maximum absolute atomic E-state index is 12.7. The van der Waals surface area contributed by atoms with Gasteiger partial charge in [-0.25, -0.2) is 9.97 Å². The lowest BCUT2D eigenvalue weighted by atomic mass is 10.3. The van der Waals surface area contributed by atoms with Crippen molar-refractivity contribution in [3.63, 3.8) is 0 Å². The van der Waals surface area contributed by atoms with E-state index in [2.05, 4.69) is 15.0 Å². The van der Waals surface area contributed by atoms with Gasteiger partial charge in [0.15, 0.2) is 16.3 Å². The molecule has 0 aliphatic carbocycles. The predicted octanol–water partition coefficient (Wildman–Crippen LogP) is 1.31. The van der Waals surface area contributed by atoms with Gasteiger partial charge >= 0.3 is 5.91 Å². The summed E-state index contributed by atoms with van der Waals surface area (Å²) in [6.07, 6.45) is 5.62. The van der Waals surface area contributed by atoms with Crippen molar-refractivity contribution in [3.8, 4) is 0 Å². The summed E-state index contributed by atoms with van der Waals surface area (Å²) in [5.41, 5.74) is 12.3. The number of rotatable bonds is 6. The van der Waals surface area contributed by atoms with E-state index in [0.29, 0.717) is 46.2 Å². The van der Waals surface area contributed by atoms with Crippen molar-refractivity contribution in [1.29, 1.82) is 0 Å². The Morgan fingerprint density at radius 3 is 2.86 bits per heavy atom. The first-order valence-corrected chi connectivity index (χ1v) is 9.45. The van der Waals surface area contributed by atoms with Crippen LogP contribution in [0, 0.1) is 6.92 Å². The molecule has 0 fully saturated rings. The average Bonchev–Trinajstić information content (AvgIpc) is 3.21. The lowest BCUT2D eigenvalue weighted by Crippen LogP contribution is -2.17. The van der Waals surface area contributed by atoms with Crippen molar-refractivity contribution in [2.75, 3.05) is 6.54 Å². The first-order chi connectivity index (χ1) is 13.4. The molecule has 0 saturated heterocycles. The molecule has 10 heteroatoms. The predicted molar refractivity (Wildman–Crippen MR) is 105 cm³/mol. The second kappa shape index (κ2) is 8.28. The Morgan fingerprint density at radius 2 is 2.18 bits per heavy atom. The highest BCUT2D eigenvalue weighted by Crippen LogP contribution is 2.18. The monoisotopic (exact) mass is 400 g/mol. The summed E-state index contributed by atoms with van der Waals surface area (Å²) in [7, 11) is 0. The number of carbonyl (C=O) groups excluding carboxylic acids is 2. The van der Waals surface area contributed by atoms with Gasteiger partial charge in [0.25, 0.3) is 0 Å². The van der Waals surface area contributed by atoms with Gasteiger partial charge in [0.05, 0.1) is 16.0 Å². The number of amides is 2. The quantitative estimate of drug-likeness (QED) is 0.597. The van der Waals surface area contributed by atoms with Gasteiger partial charge < -0.3 is 15.9 Å². The number of allylic oxidation sites excluding steroid dienone is 1. The molecule has 4 N–H and O–H groups in total. The molecular weight excluding hydrogens is 380 g/mol. The van der Waals surface area contributed by atoms with E-state index in [1.54, 1.807) is 23.6 Å². The molecule has 3 aromatic heterocycles. The highest BCUT2D eigenvalue weighted by molar-refractivity contribution is 7.16. The third-order valence-corrected chi connectivity index (χ3v) is 4.94. The topological polar surface area (TPSA) is 142 Å². The third-order valence-electron chi connectivity index (χ3n) is 3.93. The first-order valence-electron chi connectivity index (χ1n) is 8.64. The highest BCUT2D eigenvalue weighted by Gasteiger charge is 2.18. The Labute approximate surface area is 164 Å². The van der Waals surface area contributed by atoms with Crippen LogP contribution in [0.15, 0.2) is 33.8 Å². The van der Waals surface area contributed by atoms with Gasteiger partial charge in [0.1, 0.15) is 0 Å². The number of carbonyl (C=O) groups is 2. The van der Waals surface area contributed by atoms with Gasteiger partial charge in [-0.05, 0) is 12.5 Å². The lowest BCUT2D eigenvalue weighted by molar-refractivity contribution is 0.0967. The van der Waals surface area contributed by atoms with Gasteiger partial charge in [-0.15, -0.1) is 0 Å². The second-order valence-electron chi connectivity index (χ2n) is 5.89. The number of fused-ring (bicyclic) bond motifs is 1. The molecule has 3 heterocycles. The molecule has 9 nitrogen and oxygen atoms in total. The van der Waals surface area contributed by atoms with Crippen LogP contribution >= 0.6 is 11.3 Å². The fourth-order valence-corrected chi connectivity index (χ4v) is 3.67. The number of hydrogen-bond acceptors (Lipinski definition) is 7. The number of aromatic nitrogens is 3. The molecule has 0 aliphatic rings. The van der Waals surface area contributed by atoms with Crippen molar-refractivity contribution in [2.45, 2.75) is 26.8 Å². The molecule has 0 aliphatic heterocycles. The van der Waals surface area contributed by atoms with E-state index >= 15 is 0 Å². The van der Waals surface area contributed by atoms with E-state index < -0.39 is 11.8 Å². The summed E-state index contributed by atoms with van der Waals surface area (Å²) in [5, 5.41) is 0. The summed E-state index contributed by atoms with van der Waals surface area (Å²) in [6.45, 7) is 4.38. The fraction of sp³-hybridized carbons (Fsp3) is 0.278. The molecule has 2 amide bonds. The molecule has 3 aromatic rings. The molecule has 146 valence electrons. The van der Waals surface area contributed by atoms with Crippen LogP contribution < -0.4 is 16.3 Å². The Morgan fingerprint density at radius 1 is 1.39 bits per heavy atom. The minimum absolute atomic E-state index is 0.132. The molecule has 0 radical (unpaired) electrons. The van der Waals surface area contributed by atoms with Gasteiger partial charge in [-0.3, -0.25) is 14.2 Å². The minimum atomic E-state index is -0.573. The highest BCUT2D eigenvalue weighted by atomic mass is 32.1. The Kier molecular flexibility index (Phi) is 5.81. The Bertz CT molecular complexity index is 1140. The number of nitrogens with zero attached hydrogens (tertiary/aromatic N) is 4. The zero-order valence-corrected chi connectivity index (χ0v) is 16.3. The van der Waals surface area contributed by atoms with E-state index in [4.69, 9.17) is 15.9 Å². The molecular formula is C18H20N6O3S. The van der Waals surface area contributed by atoms with E-state index in [9.17, 15) is 9.59 Å². The molecule has 0 unspecified atom stereocenters. The van der Waals surface area contributed by atoms with E-state index in [0.717, 1.165) is 0 Å². The lowest BCUT2D eigenvalue weighted by Gasteiger charge is -2.01. The van der Waals surface area contributed by atoms with Crippen molar-refractivity contribution >= 4 is 33.5 Å². The Hall–Kier alpha value is -3.11. The number of hydrogen-bond donors (Lipinski definition) is 2. The maximum Gasteiger partial charge on any atom is 0.317 e. The minimum Gasteiger partial charge on any atom is -0.435 e. The zero-order valence-electron chi connectivity index (χ0n) is 15.5.